The van der Waals surface area contributed by atoms with Crippen molar-refractivity contribution < 1.29 is 17.6 Å². The number of aromatic nitrogens is 2. The normalized spacial score (nSPS) is 11.6. The van der Waals surface area contributed by atoms with E-state index in [4.69, 9.17) is 4.42 Å². The predicted octanol–water partition coefficient (Wildman–Crippen LogP) is 2.89. The summed E-state index contributed by atoms with van der Waals surface area (Å²) >= 11 is 0. The van der Waals surface area contributed by atoms with Crippen molar-refractivity contribution in [2.45, 2.75) is 24.7 Å². The van der Waals surface area contributed by atoms with Crippen LogP contribution in [0.15, 0.2) is 57.8 Å². The van der Waals surface area contributed by atoms with Crippen LogP contribution in [0, 0.1) is 6.92 Å². The topological polar surface area (TPSA) is 96.6 Å². The molecule has 2 aromatic carbocycles. The minimum atomic E-state index is -3.51. The van der Waals surface area contributed by atoms with E-state index >= 15 is 0 Å². The number of nitrogens with zero attached hydrogens (tertiary/aromatic N) is 4. The highest BCUT2D eigenvalue weighted by Crippen LogP contribution is 2.21. The zero-order valence-electron chi connectivity index (χ0n) is 17.4. The summed E-state index contributed by atoms with van der Waals surface area (Å²) in [6.07, 6.45) is 0.499. The highest BCUT2D eigenvalue weighted by molar-refractivity contribution is 7.89. The molecule has 0 aliphatic carbocycles. The van der Waals surface area contributed by atoms with Crippen LogP contribution >= 0.6 is 0 Å². The van der Waals surface area contributed by atoms with Gasteiger partial charge in [0.05, 0.1) is 4.90 Å². The van der Waals surface area contributed by atoms with Crippen LogP contribution in [0.5, 0.6) is 0 Å². The van der Waals surface area contributed by atoms with Gasteiger partial charge in [0.1, 0.15) is 0 Å². The molecule has 0 spiro atoms. The van der Waals surface area contributed by atoms with Gasteiger partial charge in [-0.25, -0.2) is 12.7 Å². The van der Waals surface area contributed by atoms with Crippen LogP contribution in [-0.2, 0) is 21.2 Å². The molecule has 1 heterocycles. The van der Waals surface area contributed by atoms with Gasteiger partial charge in [-0.2, -0.15) is 0 Å². The first kappa shape index (κ1) is 21.7. The molecule has 1 aromatic heterocycles. The molecule has 3 aromatic rings. The summed E-state index contributed by atoms with van der Waals surface area (Å²) in [5.41, 5.74) is 2.57. The van der Waals surface area contributed by atoms with Gasteiger partial charge in [-0.1, -0.05) is 17.7 Å². The van der Waals surface area contributed by atoms with Crippen LogP contribution in [0.25, 0.3) is 11.5 Å². The first-order valence-corrected chi connectivity index (χ1v) is 10.8. The highest BCUT2D eigenvalue weighted by atomic mass is 32.2. The number of carbonyl (C=O) groups excluding carboxylic acids is 1. The van der Waals surface area contributed by atoms with Crippen LogP contribution in [0.1, 0.15) is 17.9 Å². The first-order valence-electron chi connectivity index (χ1n) is 9.37. The van der Waals surface area contributed by atoms with Crippen molar-refractivity contribution >= 4 is 21.6 Å². The second-order valence-corrected chi connectivity index (χ2v) is 9.25. The van der Waals surface area contributed by atoms with E-state index in [9.17, 15) is 13.2 Å². The van der Waals surface area contributed by atoms with E-state index in [-0.39, 0.29) is 17.2 Å². The summed E-state index contributed by atoms with van der Waals surface area (Å²) in [6, 6.07) is 13.9. The van der Waals surface area contributed by atoms with Gasteiger partial charge in [0.2, 0.25) is 27.7 Å². The van der Waals surface area contributed by atoms with Gasteiger partial charge in [-0.3, -0.25) is 4.79 Å². The SMILES string of the molecule is Cc1ccc(-c2nnc(CCC(=O)N(C)c3ccc(S(=O)(=O)N(C)C)cc3)o2)cc1. The molecule has 0 N–H and O–H groups in total. The Morgan fingerprint density at radius 1 is 0.967 bits per heavy atom. The molecule has 0 unspecified atom stereocenters. The van der Waals surface area contributed by atoms with Gasteiger partial charge in [-0.15, -0.1) is 10.2 Å². The lowest BCUT2D eigenvalue weighted by Gasteiger charge is -2.18. The second-order valence-electron chi connectivity index (χ2n) is 7.10. The quantitative estimate of drug-likeness (QED) is 0.574. The molecular weight excluding hydrogens is 404 g/mol. The fraction of sp³-hybridized carbons (Fsp3) is 0.286. The van der Waals surface area contributed by atoms with E-state index < -0.39 is 10.0 Å². The number of amides is 1. The Morgan fingerprint density at radius 3 is 2.20 bits per heavy atom. The predicted molar refractivity (Wildman–Crippen MR) is 114 cm³/mol. The number of hydrogen-bond acceptors (Lipinski definition) is 6. The van der Waals surface area contributed by atoms with Gasteiger partial charge in [-0.05, 0) is 43.3 Å². The van der Waals surface area contributed by atoms with Crippen LogP contribution in [0.4, 0.5) is 5.69 Å². The third-order valence-electron chi connectivity index (χ3n) is 4.69. The number of anilines is 1. The van der Waals surface area contributed by atoms with Crippen LogP contribution in [0.2, 0.25) is 0 Å². The van der Waals surface area contributed by atoms with Crippen molar-refractivity contribution in [1.29, 1.82) is 0 Å². The summed E-state index contributed by atoms with van der Waals surface area (Å²) in [4.78, 5) is 14.2. The number of aryl methyl sites for hydroxylation is 2. The van der Waals surface area contributed by atoms with Crippen LogP contribution in [0.3, 0.4) is 0 Å². The van der Waals surface area contributed by atoms with E-state index in [0.717, 1.165) is 15.4 Å². The smallest absolute Gasteiger partial charge is 0.247 e. The average molecular weight is 429 g/mol. The molecule has 30 heavy (non-hydrogen) atoms. The number of sulfonamides is 1. The van der Waals surface area contributed by atoms with Crippen LogP contribution < -0.4 is 4.90 Å². The number of carbonyl (C=O) groups is 1. The Hall–Kier alpha value is -3.04. The van der Waals surface area contributed by atoms with Gasteiger partial charge in [0.25, 0.3) is 0 Å². The molecule has 0 radical (unpaired) electrons. The third-order valence-corrected chi connectivity index (χ3v) is 6.52. The van der Waals surface area contributed by atoms with Gasteiger partial charge >= 0.3 is 0 Å². The van der Waals surface area contributed by atoms with Gasteiger partial charge in [0.15, 0.2) is 0 Å². The van der Waals surface area contributed by atoms with E-state index in [0.29, 0.717) is 23.9 Å². The zero-order chi connectivity index (χ0) is 21.9. The molecule has 3 rings (SSSR count). The Kier molecular flexibility index (Phi) is 6.33. The van der Waals surface area contributed by atoms with E-state index in [1.165, 1.54) is 31.1 Å². The molecule has 0 aliphatic rings. The maximum atomic E-state index is 12.5. The Bertz CT molecular complexity index is 1120. The van der Waals surface area contributed by atoms with Crippen molar-refractivity contribution in [3.8, 4) is 11.5 Å². The molecule has 0 atom stereocenters. The van der Waals surface area contributed by atoms with Crippen molar-refractivity contribution in [2.24, 2.45) is 0 Å². The average Bonchev–Trinajstić information content (AvgIpc) is 3.21. The number of hydrogen-bond donors (Lipinski definition) is 0. The maximum absolute atomic E-state index is 12.5. The van der Waals surface area contributed by atoms with E-state index in [2.05, 4.69) is 10.2 Å². The first-order chi connectivity index (χ1) is 14.2. The molecule has 0 aliphatic heterocycles. The van der Waals surface area contributed by atoms with Crippen LogP contribution in [-0.4, -0.2) is 50.0 Å². The fourth-order valence-corrected chi connectivity index (χ4v) is 3.65. The molecule has 158 valence electrons. The second kappa shape index (κ2) is 8.76. The molecule has 0 bridgehead atoms. The monoisotopic (exact) mass is 428 g/mol. The Morgan fingerprint density at radius 2 is 1.60 bits per heavy atom. The van der Waals surface area contributed by atoms with Crippen molar-refractivity contribution in [3.05, 3.63) is 60.0 Å². The molecule has 0 saturated heterocycles. The summed E-state index contributed by atoms with van der Waals surface area (Å²) in [7, 11) is 1.08. The zero-order valence-corrected chi connectivity index (χ0v) is 18.2. The van der Waals surface area contributed by atoms with Crippen molar-refractivity contribution in [3.63, 3.8) is 0 Å². The number of benzene rings is 2. The lowest BCUT2D eigenvalue weighted by Crippen LogP contribution is -2.26. The van der Waals surface area contributed by atoms with Crippen molar-refractivity contribution in [2.75, 3.05) is 26.0 Å². The van der Waals surface area contributed by atoms with Gasteiger partial charge in [0, 0.05) is 45.2 Å². The summed E-state index contributed by atoms with van der Waals surface area (Å²) in [5.74, 6) is 0.663. The summed E-state index contributed by atoms with van der Waals surface area (Å²) in [5, 5.41) is 8.06. The maximum Gasteiger partial charge on any atom is 0.247 e. The Balaban J connectivity index is 1.62. The largest absolute Gasteiger partial charge is 0.421 e. The number of rotatable bonds is 7. The standard InChI is InChI=1S/C21H24N4O4S/c1-15-5-7-16(8-6-15)21-23-22-19(29-21)13-14-20(26)25(4)17-9-11-18(12-10-17)30(27,28)24(2)3/h5-12H,13-14H2,1-4H3. The van der Waals surface area contributed by atoms with Gasteiger partial charge < -0.3 is 9.32 Å². The molecule has 0 saturated carbocycles. The van der Waals surface area contributed by atoms with E-state index in [1.807, 2.05) is 31.2 Å². The molecule has 0 fully saturated rings. The third kappa shape index (κ3) is 4.74. The molecule has 9 heteroatoms. The molecule has 8 nitrogen and oxygen atoms in total. The highest BCUT2D eigenvalue weighted by Gasteiger charge is 2.18. The minimum Gasteiger partial charge on any atom is -0.421 e. The fourth-order valence-electron chi connectivity index (χ4n) is 2.75. The summed E-state index contributed by atoms with van der Waals surface area (Å²) in [6.45, 7) is 2.00. The lowest BCUT2D eigenvalue weighted by molar-refractivity contribution is -0.118. The lowest BCUT2D eigenvalue weighted by atomic mass is 10.1. The molecular formula is C21H24N4O4S. The minimum absolute atomic E-state index is 0.145. The Labute approximate surface area is 176 Å². The summed E-state index contributed by atoms with van der Waals surface area (Å²) < 4.78 is 31.1. The van der Waals surface area contributed by atoms with E-state index in [1.54, 1.807) is 19.2 Å². The molecule has 1 amide bonds. The van der Waals surface area contributed by atoms with Crippen molar-refractivity contribution in [1.82, 2.24) is 14.5 Å².